The average molecular weight is 619 g/mol. The summed E-state index contributed by atoms with van der Waals surface area (Å²) in [5.74, 6) is 2.35. The Hall–Kier alpha value is -4.45. The number of benzene rings is 4. The molecule has 1 atom stereocenters. The molecule has 0 aliphatic carbocycles. The lowest BCUT2D eigenvalue weighted by Crippen LogP contribution is -2.41. The molecule has 2 heterocycles. The van der Waals surface area contributed by atoms with Gasteiger partial charge in [0.15, 0.2) is 0 Å². The minimum Gasteiger partial charge on any atom is -0.494 e. The molecule has 0 bridgehead atoms. The molecule has 2 aliphatic rings. The molecular formula is C40H46N2O4. The predicted octanol–water partition coefficient (Wildman–Crippen LogP) is 8.83. The van der Waals surface area contributed by atoms with Crippen molar-refractivity contribution < 1.29 is 19.0 Å². The lowest BCUT2D eigenvalue weighted by molar-refractivity contribution is 0.0177. The highest BCUT2D eigenvalue weighted by molar-refractivity contribution is 5.68. The van der Waals surface area contributed by atoms with Crippen LogP contribution in [-0.4, -0.2) is 42.8 Å². The number of carbonyl (C=O) groups is 1. The zero-order valence-corrected chi connectivity index (χ0v) is 27.4. The first-order valence-electron chi connectivity index (χ1n) is 16.6. The molecular weight excluding hydrogens is 572 g/mol. The maximum Gasteiger partial charge on any atom is 0.410 e. The zero-order valence-electron chi connectivity index (χ0n) is 27.4. The molecule has 0 spiro atoms. The van der Waals surface area contributed by atoms with Crippen molar-refractivity contribution >= 4 is 11.8 Å². The fourth-order valence-corrected chi connectivity index (χ4v) is 6.51. The van der Waals surface area contributed by atoms with Crippen LogP contribution in [0, 0.1) is 5.92 Å². The summed E-state index contributed by atoms with van der Waals surface area (Å²) in [6, 6.07) is 36.3. The molecule has 6 rings (SSSR count). The third kappa shape index (κ3) is 8.03. The van der Waals surface area contributed by atoms with Gasteiger partial charge in [-0.3, -0.25) is 0 Å². The molecule has 1 fully saturated rings. The Labute approximate surface area is 273 Å². The highest BCUT2D eigenvalue weighted by Crippen LogP contribution is 2.40. The lowest BCUT2D eigenvalue weighted by Gasteiger charge is -2.39. The Balaban J connectivity index is 1.09. The van der Waals surface area contributed by atoms with E-state index in [0.717, 1.165) is 56.8 Å². The Kier molecular flexibility index (Phi) is 9.82. The highest BCUT2D eigenvalue weighted by Gasteiger charge is 2.30. The lowest BCUT2D eigenvalue weighted by atomic mass is 9.87. The Morgan fingerprint density at radius 3 is 2.15 bits per heavy atom. The molecule has 46 heavy (non-hydrogen) atoms. The van der Waals surface area contributed by atoms with E-state index in [-0.39, 0.29) is 12.1 Å². The normalized spacial score (nSPS) is 16.9. The van der Waals surface area contributed by atoms with Crippen molar-refractivity contribution in [2.24, 2.45) is 5.92 Å². The van der Waals surface area contributed by atoms with Crippen LogP contribution in [-0.2, 0) is 17.8 Å². The second-order valence-corrected chi connectivity index (χ2v) is 13.4. The molecule has 0 saturated carbocycles. The fraction of sp³-hybridized carbons (Fsp3) is 0.375. The molecule has 6 nitrogen and oxygen atoms in total. The van der Waals surface area contributed by atoms with Crippen molar-refractivity contribution in [1.82, 2.24) is 4.90 Å². The Morgan fingerprint density at radius 1 is 0.783 bits per heavy atom. The zero-order chi connectivity index (χ0) is 31.9. The van der Waals surface area contributed by atoms with Crippen LogP contribution in [0.3, 0.4) is 0 Å². The van der Waals surface area contributed by atoms with Gasteiger partial charge in [0.2, 0.25) is 0 Å². The number of likely N-dealkylation sites (tertiary alicyclic amines) is 1. The first-order chi connectivity index (χ1) is 22.3. The van der Waals surface area contributed by atoms with Crippen molar-refractivity contribution in [3.8, 4) is 11.5 Å². The van der Waals surface area contributed by atoms with E-state index < -0.39 is 5.60 Å². The van der Waals surface area contributed by atoms with Gasteiger partial charge < -0.3 is 24.0 Å². The number of fused-ring (bicyclic) bond motifs is 1. The third-order valence-electron chi connectivity index (χ3n) is 8.94. The summed E-state index contributed by atoms with van der Waals surface area (Å²) < 4.78 is 17.9. The van der Waals surface area contributed by atoms with Crippen molar-refractivity contribution in [2.75, 3.05) is 31.1 Å². The number of amides is 1. The number of hydrogen-bond donors (Lipinski definition) is 0. The molecule has 4 aromatic carbocycles. The highest BCUT2D eigenvalue weighted by atomic mass is 16.6. The number of hydrogen-bond acceptors (Lipinski definition) is 5. The largest absolute Gasteiger partial charge is 0.494 e. The second-order valence-electron chi connectivity index (χ2n) is 13.4. The SMILES string of the molecule is CC(C)(C)OC(=O)N1CCC(CCOc2ccc(C3c4ccc(OCc5ccccc5)cc4CCN3c3ccccc3)cc2)CC1. The summed E-state index contributed by atoms with van der Waals surface area (Å²) in [7, 11) is 0. The number of anilines is 1. The summed E-state index contributed by atoms with van der Waals surface area (Å²) in [4.78, 5) is 16.7. The summed E-state index contributed by atoms with van der Waals surface area (Å²) >= 11 is 0. The number of piperidine rings is 1. The van der Waals surface area contributed by atoms with Gasteiger partial charge >= 0.3 is 6.09 Å². The van der Waals surface area contributed by atoms with Gasteiger partial charge in [-0.15, -0.1) is 0 Å². The second kappa shape index (κ2) is 14.3. The monoisotopic (exact) mass is 618 g/mol. The Bertz CT molecular complexity index is 1560. The number of rotatable bonds is 9. The Morgan fingerprint density at radius 2 is 1.46 bits per heavy atom. The molecule has 0 N–H and O–H groups in total. The van der Waals surface area contributed by atoms with Crippen molar-refractivity contribution in [3.05, 3.63) is 125 Å². The van der Waals surface area contributed by atoms with E-state index in [1.807, 2.05) is 43.9 Å². The van der Waals surface area contributed by atoms with Crippen LogP contribution in [0.4, 0.5) is 10.5 Å². The van der Waals surface area contributed by atoms with E-state index >= 15 is 0 Å². The summed E-state index contributed by atoms with van der Waals surface area (Å²) in [5.41, 5.74) is 5.82. The van der Waals surface area contributed by atoms with Gasteiger partial charge in [-0.2, -0.15) is 0 Å². The van der Waals surface area contributed by atoms with E-state index in [1.54, 1.807) is 0 Å². The standard InChI is InChI=1S/C40H46N2O4/c1-40(2,3)46-39(43)41-24-20-30(21-25-41)23-27-44-35-16-14-32(15-17-35)38-37-19-18-36(45-29-31-10-6-4-7-11-31)28-33(37)22-26-42(38)34-12-8-5-9-13-34/h4-19,28,30,38H,20-27,29H2,1-3H3. The van der Waals surface area contributed by atoms with Gasteiger partial charge in [0.05, 0.1) is 12.6 Å². The van der Waals surface area contributed by atoms with Gasteiger partial charge in [0.1, 0.15) is 23.7 Å². The molecule has 0 aromatic heterocycles. The van der Waals surface area contributed by atoms with Crippen LogP contribution in [0.2, 0.25) is 0 Å². The minimum atomic E-state index is -0.460. The van der Waals surface area contributed by atoms with Crippen molar-refractivity contribution in [1.29, 1.82) is 0 Å². The van der Waals surface area contributed by atoms with E-state index in [1.165, 1.54) is 27.9 Å². The number of nitrogens with zero attached hydrogens (tertiary/aromatic N) is 2. The topological polar surface area (TPSA) is 51.2 Å². The van der Waals surface area contributed by atoms with Crippen LogP contribution >= 0.6 is 0 Å². The number of ether oxygens (including phenoxy) is 3. The van der Waals surface area contributed by atoms with Gasteiger partial charge in [-0.1, -0.05) is 66.7 Å². The van der Waals surface area contributed by atoms with Gasteiger partial charge in [-0.25, -0.2) is 4.79 Å². The molecule has 1 saturated heterocycles. The molecule has 6 heteroatoms. The van der Waals surface area contributed by atoms with E-state index in [4.69, 9.17) is 14.2 Å². The third-order valence-corrected chi connectivity index (χ3v) is 8.94. The molecule has 240 valence electrons. The maximum atomic E-state index is 12.4. The number of carbonyl (C=O) groups excluding carboxylic acids is 1. The fourth-order valence-electron chi connectivity index (χ4n) is 6.51. The average Bonchev–Trinajstić information content (AvgIpc) is 3.07. The molecule has 2 aliphatic heterocycles. The predicted molar refractivity (Wildman–Crippen MR) is 184 cm³/mol. The van der Waals surface area contributed by atoms with Crippen LogP contribution in [0.5, 0.6) is 11.5 Å². The molecule has 1 unspecified atom stereocenters. The van der Waals surface area contributed by atoms with E-state index in [2.05, 4.69) is 89.8 Å². The van der Waals surface area contributed by atoms with Crippen LogP contribution < -0.4 is 14.4 Å². The van der Waals surface area contributed by atoms with Gasteiger partial charge in [0.25, 0.3) is 0 Å². The van der Waals surface area contributed by atoms with Crippen LogP contribution in [0.1, 0.15) is 68.3 Å². The molecule has 0 radical (unpaired) electrons. The van der Waals surface area contributed by atoms with E-state index in [9.17, 15) is 4.79 Å². The molecule has 1 amide bonds. The number of para-hydroxylation sites is 1. The van der Waals surface area contributed by atoms with Crippen LogP contribution in [0.25, 0.3) is 0 Å². The van der Waals surface area contributed by atoms with Crippen molar-refractivity contribution in [3.63, 3.8) is 0 Å². The first-order valence-corrected chi connectivity index (χ1v) is 16.6. The first kappa shape index (κ1) is 31.5. The van der Waals surface area contributed by atoms with E-state index in [0.29, 0.717) is 19.1 Å². The quantitative estimate of drug-likeness (QED) is 0.188. The summed E-state index contributed by atoms with van der Waals surface area (Å²) in [6.45, 7) is 9.38. The minimum absolute atomic E-state index is 0.0959. The van der Waals surface area contributed by atoms with Gasteiger partial charge in [0, 0.05) is 25.3 Å². The molecule has 4 aromatic rings. The van der Waals surface area contributed by atoms with Crippen molar-refractivity contribution in [2.45, 2.75) is 64.7 Å². The summed E-state index contributed by atoms with van der Waals surface area (Å²) in [6.07, 6.45) is 3.70. The summed E-state index contributed by atoms with van der Waals surface area (Å²) in [5, 5.41) is 0. The maximum absolute atomic E-state index is 12.4. The van der Waals surface area contributed by atoms with Gasteiger partial charge in [-0.05, 0) is 111 Å². The smallest absolute Gasteiger partial charge is 0.410 e. The van der Waals surface area contributed by atoms with Crippen LogP contribution in [0.15, 0.2) is 103 Å².